The van der Waals surface area contributed by atoms with Gasteiger partial charge in [-0.3, -0.25) is 4.79 Å². The number of ether oxygens (including phenoxy) is 2. The Morgan fingerprint density at radius 2 is 1.60 bits per heavy atom. The molecule has 0 fully saturated rings. The molecule has 0 amide bonds. The van der Waals surface area contributed by atoms with Gasteiger partial charge in [-0.1, -0.05) is 30.3 Å². The second kappa shape index (κ2) is 7.53. The summed E-state index contributed by atoms with van der Waals surface area (Å²) in [6, 6.07) is 21.3. The van der Waals surface area contributed by atoms with Crippen molar-refractivity contribution in [3.63, 3.8) is 0 Å². The van der Waals surface area contributed by atoms with E-state index in [-0.39, 0.29) is 17.1 Å². The monoisotopic (exact) mass is 334 g/mol. The number of methoxy groups -OCH3 is 1. The van der Waals surface area contributed by atoms with Gasteiger partial charge in [-0.15, -0.1) is 0 Å². The summed E-state index contributed by atoms with van der Waals surface area (Å²) < 4.78 is 10.7. The maximum absolute atomic E-state index is 12.5. The highest BCUT2D eigenvalue weighted by molar-refractivity contribution is 6.10. The molecule has 0 heterocycles. The van der Waals surface area contributed by atoms with Crippen molar-refractivity contribution in [3.8, 4) is 17.2 Å². The van der Waals surface area contributed by atoms with E-state index in [0.29, 0.717) is 23.7 Å². The summed E-state index contributed by atoms with van der Waals surface area (Å²) in [5.41, 5.74) is 1.79. The van der Waals surface area contributed by atoms with Gasteiger partial charge < -0.3 is 14.6 Å². The number of phenols is 1. The predicted molar refractivity (Wildman–Crippen MR) is 95.3 cm³/mol. The van der Waals surface area contributed by atoms with Crippen LogP contribution in [0.15, 0.2) is 72.8 Å². The van der Waals surface area contributed by atoms with Crippen molar-refractivity contribution in [1.29, 1.82) is 0 Å². The lowest BCUT2D eigenvalue weighted by Crippen LogP contribution is -2.02. The first kappa shape index (κ1) is 16.6. The van der Waals surface area contributed by atoms with E-state index < -0.39 is 0 Å². The van der Waals surface area contributed by atoms with Gasteiger partial charge in [-0.25, -0.2) is 0 Å². The molecule has 0 saturated carbocycles. The molecule has 0 aliphatic heterocycles. The third-order valence-electron chi connectivity index (χ3n) is 3.81. The van der Waals surface area contributed by atoms with E-state index in [1.54, 1.807) is 36.4 Å². The first-order valence-electron chi connectivity index (χ1n) is 7.86. The Labute approximate surface area is 146 Å². The molecule has 3 aromatic carbocycles. The molecule has 0 spiro atoms. The average Bonchev–Trinajstić information content (AvgIpc) is 2.67. The molecule has 4 nitrogen and oxygen atoms in total. The van der Waals surface area contributed by atoms with E-state index in [9.17, 15) is 9.90 Å². The van der Waals surface area contributed by atoms with Crippen LogP contribution in [0.3, 0.4) is 0 Å². The van der Waals surface area contributed by atoms with Gasteiger partial charge in [0.25, 0.3) is 0 Å². The minimum Gasteiger partial charge on any atom is -0.507 e. The molecule has 0 atom stereocenters. The molecule has 0 saturated heterocycles. The van der Waals surface area contributed by atoms with Gasteiger partial charge in [-0.05, 0) is 42.0 Å². The Kier molecular flexibility index (Phi) is 5.00. The number of rotatable bonds is 6. The number of benzene rings is 3. The van der Waals surface area contributed by atoms with Gasteiger partial charge in [-0.2, -0.15) is 0 Å². The molecule has 4 heteroatoms. The molecule has 0 bridgehead atoms. The number of carbonyl (C=O) groups is 1. The summed E-state index contributed by atoms with van der Waals surface area (Å²) in [5, 5.41) is 9.99. The number of aromatic hydroxyl groups is 1. The molecule has 0 aromatic heterocycles. The molecule has 3 aromatic rings. The van der Waals surface area contributed by atoms with E-state index in [4.69, 9.17) is 9.47 Å². The molecular weight excluding hydrogens is 316 g/mol. The zero-order valence-electron chi connectivity index (χ0n) is 13.8. The molecule has 1 N–H and O–H groups in total. The van der Waals surface area contributed by atoms with Crippen molar-refractivity contribution >= 4 is 5.78 Å². The number of phenolic OH excluding ortho intramolecular Hbond substituents is 1. The van der Waals surface area contributed by atoms with Crippen LogP contribution in [0.2, 0.25) is 0 Å². The highest BCUT2D eigenvalue weighted by Crippen LogP contribution is 2.26. The minimum atomic E-state index is -0.255. The van der Waals surface area contributed by atoms with E-state index >= 15 is 0 Å². The van der Waals surface area contributed by atoms with Crippen LogP contribution in [-0.2, 0) is 6.61 Å². The van der Waals surface area contributed by atoms with Crippen molar-refractivity contribution < 1.29 is 19.4 Å². The Bertz CT molecular complexity index is 855. The first-order valence-corrected chi connectivity index (χ1v) is 7.86. The Balaban J connectivity index is 1.70. The Morgan fingerprint density at radius 1 is 0.920 bits per heavy atom. The van der Waals surface area contributed by atoms with Crippen molar-refractivity contribution in [2.75, 3.05) is 7.11 Å². The van der Waals surface area contributed by atoms with E-state index in [1.165, 1.54) is 13.2 Å². The third kappa shape index (κ3) is 3.98. The van der Waals surface area contributed by atoms with E-state index in [1.807, 2.05) is 30.3 Å². The van der Waals surface area contributed by atoms with Gasteiger partial charge in [0.05, 0.1) is 12.7 Å². The summed E-state index contributed by atoms with van der Waals surface area (Å²) in [6.45, 7) is 0.466. The molecule has 0 unspecified atom stereocenters. The standard InChI is InChI=1S/C21H18O4/c1-24-18-11-12-19(20(22)13-18)21(23)16-7-9-17(10-8-16)25-14-15-5-3-2-4-6-15/h2-13,22H,14H2,1H3. The lowest BCUT2D eigenvalue weighted by Gasteiger charge is -2.08. The van der Waals surface area contributed by atoms with Crippen LogP contribution in [0.1, 0.15) is 21.5 Å². The fourth-order valence-corrected chi connectivity index (χ4v) is 2.43. The first-order chi connectivity index (χ1) is 12.2. The summed E-state index contributed by atoms with van der Waals surface area (Å²) in [4.78, 5) is 12.5. The maximum Gasteiger partial charge on any atom is 0.196 e. The Hall–Kier alpha value is -3.27. The normalized spacial score (nSPS) is 10.3. The van der Waals surface area contributed by atoms with Gasteiger partial charge >= 0.3 is 0 Å². The number of carbonyl (C=O) groups excluding carboxylic acids is 1. The second-order valence-corrected chi connectivity index (χ2v) is 5.51. The lowest BCUT2D eigenvalue weighted by molar-refractivity contribution is 0.103. The predicted octanol–water partition coefficient (Wildman–Crippen LogP) is 4.21. The van der Waals surface area contributed by atoms with Crippen molar-refractivity contribution in [2.24, 2.45) is 0 Å². The van der Waals surface area contributed by atoms with Gasteiger partial charge in [0.2, 0.25) is 0 Å². The van der Waals surface area contributed by atoms with Crippen LogP contribution in [0.5, 0.6) is 17.2 Å². The van der Waals surface area contributed by atoms with E-state index in [2.05, 4.69) is 0 Å². The molecule has 25 heavy (non-hydrogen) atoms. The Morgan fingerprint density at radius 3 is 2.24 bits per heavy atom. The highest BCUT2D eigenvalue weighted by Gasteiger charge is 2.14. The van der Waals surface area contributed by atoms with Gasteiger partial charge in [0.1, 0.15) is 23.9 Å². The number of ketones is 1. The van der Waals surface area contributed by atoms with Crippen LogP contribution in [-0.4, -0.2) is 18.0 Å². The fraction of sp³-hybridized carbons (Fsp3) is 0.0952. The lowest BCUT2D eigenvalue weighted by atomic mass is 10.0. The van der Waals surface area contributed by atoms with Gasteiger partial charge in [0, 0.05) is 11.6 Å². The minimum absolute atomic E-state index is 0.103. The fourth-order valence-electron chi connectivity index (χ4n) is 2.43. The summed E-state index contributed by atoms with van der Waals surface area (Å²) in [5.74, 6) is 0.821. The summed E-state index contributed by atoms with van der Waals surface area (Å²) in [7, 11) is 1.50. The van der Waals surface area contributed by atoms with Crippen LogP contribution >= 0.6 is 0 Å². The molecule has 0 radical (unpaired) electrons. The molecule has 126 valence electrons. The van der Waals surface area contributed by atoms with Crippen molar-refractivity contribution in [2.45, 2.75) is 6.61 Å². The summed E-state index contributed by atoms with van der Waals surface area (Å²) in [6.07, 6.45) is 0. The molecule has 0 aliphatic rings. The largest absolute Gasteiger partial charge is 0.507 e. The molecule has 3 rings (SSSR count). The quantitative estimate of drug-likeness (QED) is 0.686. The second-order valence-electron chi connectivity index (χ2n) is 5.51. The SMILES string of the molecule is COc1ccc(C(=O)c2ccc(OCc3ccccc3)cc2)c(O)c1. The van der Waals surface area contributed by atoms with Crippen LogP contribution in [0.25, 0.3) is 0 Å². The number of hydrogen-bond donors (Lipinski definition) is 1. The topological polar surface area (TPSA) is 55.8 Å². The third-order valence-corrected chi connectivity index (χ3v) is 3.81. The van der Waals surface area contributed by atoms with Crippen LogP contribution in [0, 0.1) is 0 Å². The van der Waals surface area contributed by atoms with E-state index in [0.717, 1.165) is 5.56 Å². The number of hydrogen-bond acceptors (Lipinski definition) is 4. The molecular formula is C21H18O4. The smallest absolute Gasteiger partial charge is 0.196 e. The van der Waals surface area contributed by atoms with Gasteiger partial charge in [0.15, 0.2) is 5.78 Å². The summed E-state index contributed by atoms with van der Waals surface area (Å²) >= 11 is 0. The highest BCUT2D eigenvalue weighted by atomic mass is 16.5. The average molecular weight is 334 g/mol. The maximum atomic E-state index is 12.5. The zero-order valence-corrected chi connectivity index (χ0v) is 13.8. The molecule has 0 aliphatic carbocycles. The van der Waals surface area contributed by atoms with Crippen LogP contribution < -0.4 is 9.47 Å². The zero-order chi connectivity index (χ0) is 17.6. The van der Waals surface area contributed by atoms with Crippen molar-refractivity contribution in [1.82, 2.24) is 0 Å². The van der Waals surface area contributed by atoms with Crippen molar-refractivity contribution in [3.05, 3.63) is 89.5 Å². The van der Waals surface area contributed by atoms with Crippen LogP contribution in [0.4, 0.5) is 0 Å².